The Bertz CT molecular complexity index is 1330. The molecule has 1 aromatic carbocycles. The molecule has 1 unspecified atom stereocenters. The third-order valence-corrected chi connectivity index (χ3v) is 5.99. The summed E-state index contributed by atoms with van der Waals surface area (Å²) in [6.07, 6.45) is -2.57. The van der Waals surface area contributed by atoms with E-state index >= 15 is 8.78 Å². The highest BCUT2D eigenvalue weighted by atomic mass is 19.4. The maximum Gasteiger partial charge on any atom is 0.433 e. The lowest BCUT2D eigenvalue weighted by Crippen LogP contribution is -2.22. The van der Waals surface area contributed by atoms with Crippen molar-refractivity contribution in [1.29, 1.82) is 0 Å². The zero-order chi connectivity index (χ0) is 26.9. The highest BCUT2D eigenvalue weighted by molar-refractivity contribution is 5.99. The first-order valence-electron chi connectivity index (χ1n) is 11.3. The van der Waals surface area contributed by atoms with Gasteiger partial charge in [-0.1, -0.05) is 0 Å². The molecule has 0 saturated heterocycles. The van der Waals surface area contributed by atoms with Crippen LogP contribution in [0.15, 0.2) is 36.7 Å². The van der Waals surface area contributed by atoms with Gasteiger partial charge in [0.15, 0.2) is 6.79 Å². The molecule has 1 atom stereocenters. The summed E-state index contributed by atoms with van der Waals surface area (Å²) in [6, 6.07) is 3.12. The number of halogens is 5. The fourth-order valence-corrected chi connectivity index (χ4v) is 4.09. The molecule has 1 N–H and O–H groups in total. The third-order valence-electron chi connectivity index (χ3n) is 5.99. The van der Waals surface area contributed by atoms with Crippen LogP contribution < -0.4 is 10.1 Å². The van der Waals surface area contributed by atoms with Crippen molar-refractivity contribution in [2.24, 2.45) is 0 Å². The minimum atomic E-state index is -4.81. The minimum absolute atomic E-state index is 0.0817. The number of amides is 1. The number of alkyl halides is 3. The quantitative estimate of drug-likeness (QED) is 0.308. The number of fused-ring (bicyclic) bond motifs is 1. The Morgan fingerprint density at radius 1 is 1.11 bits per heavy atom. The summed E-state index contributed by atoms with van der Waals surface area (Å²) in [4.78, 5) is 21.7. The predicted octanol–water partition coefficient (Wildman–Crippen LogP) is 5.57. The van der Waals surface area contributed by atoms with Crippen LogP contribution in [0.25, 0.3) is 11.1 Å². The Kier molecular flexibility index (Phi) is 7.30. The van der Waals surface area contributed by atoms with Crippen molar-refractivity contribution in [3.8, 4) is 16.9 Å². The molecule has 0 spiro atoms. The second-order valence-corrected chi connectivity index (χ2v) is 8.34. The molecule has 1 aliphatic heterocycles. The summed E-state index contributed by atoms with van der Waals surface area (Å²) < 4.78 is 80.3. The van der Waals surface area contributed by atoms with Gasteiger partial charge in [0.25, 0.3) is 5.91 Å². The van der Waals surface area contributed by atoms with E-state index in [1.807, 2.05) is 6.92 Å². The zero-order valence-corrected chi connectivity index (χ0v) is 20.1. The first-order valence-corrected chi connectivity index (χ1v) is 11.3. The Hall–Kier alpha value is -3.80. The SMILES string of the molecule is CCN1Cc2c(ccnc2NC(C)c2cc(F)c(-c3cc(C(F)(F)F)ncc3OCOC)cc2F)C1=O. The summed E-state index contributed by atoms with van der Waals surface area (Å²) in [6.45, 7) is 3.92. The lowest BCUT2D eigenvalue weighted by atomic mass is 9.99. The highest BCUT2D eigenvalue weighted by Gasteiger charge is 2.34. The normalized spacial score (nSPS) is 14.1. The third kappa shape index (κ3) is 5.19. The summed E-state index contributed by atoms with van der Waals surface area (Å²) >= 11 is 0. The molecule has 2 aromatic heterocycles. The minimum Gasteiger partial charge on any atom is -0.465 e. The molecule has 0 fully saturated rings. The molecule has 7 nitrogen and oxygen atoms in total. The molecule has 3 aromatic rings. The Morgan fingerprint density at radius 3 is 2.54 bits per heavy atom. The van der Waals surface area contributed by atoms with Crippen LogP contribution in [-0.4, -0.2) is 41.2 Å². The zero-order valence-electron chi connectivity index (χ0n) is 20.1. The van der Waals surface area contributed by atoms with Gasteiger partial charge in [0.05, 0.1) is 18.8 Å². The van der Waals surface area contributed by atoms with Crippen molar-refractivity contribution in [3.05, 3.63) is 70.7 Å². The van der Waals surface area contributed by atoms with E-state index in [-0.39, 0.29) is 29.6 Å². The van der Waals surface area contributed by atoms with E-state index in [0.717, 1.165) is 18.3 Å². The second kappa shape index (κ2) is 10.3. The van der Waals surface area contributed by atoms with E-state index in [0.29, 0.717) is 36.1 Å². The number of methoxy groups -OCH3 is 1. The summed E-state index contributed by atoms with van der Waals surface area (Å²) in [5, 5.41) is 3.02. The molecule has 0 radical (unpaired) electrons. The molecular formula is C25H23F5N4O3. The van der Waals surface area contributed by atoms with E-state index in [2.05, 4.69) is 15.3 Å². The standard InChI is InChI=1S/C25H23F5N4O3/c1-4-34-11-18-14(24(34)35)5-6-31-23(18)33-13(2)15-7-20(27)16(8-19(15)26)17-9-22(25(28,29)30)32-10-21(17)37-12-36-3/h5-10,13H,4,11-12H2,1-3H3,(H,31,33). The predicted molar refractivity (Wildman–Crippen MR) is 124 cm³/mol. The van der Waals surface area contributed by atoms with Crippen LogP contribution in [0.1, 0.15) is 47.1 Å². The van der Waals surface area contributed by atoms with Crippen molar-refractivity contribution >= 4 is 11.7 Å². The fourth-order valence-electron chi connectivity index (χ4n) is 4.09. The lowest BCUT2D eigenvalue weighted by Gasteiger charge is -2.19. The van der Waals surface area contributed by atoms with Crippen LogP contribution in [0.5, 0.6) is 5.75 Å². The highest BCUT2D eigenvalue weighted by Crippen LogP contribution is 2.38. The molecule has 12 heteroatoms. The number of carbonyl (C=O) groups excluding carboxylic acids is 1. The van der Waals surface area contributed by atoms with Crippen LogP contribution in [-0.2, 0) is 17.5 Å². The number of nitrogens with zero attached hydrogens (tertiary/aromatic N) is 3. The number of rotatable bonds is 8. The fraction of sp³-hybridized carbons (Fsp3) is 0.320. The van der Waals surface area contributed by atoms with Crippen molar-refractivity contribution in [2.75, 3.05) is 25.8 Å². The van der Waals surface area contributed by atoms with Crippen LogP contribution in [0.3, 0.4) is 0 Å². The molecule has 0 saturated carbocycles. The van der Waals surface area contributed by atoms with E-state index in [1.165, 1.54) is 13.3 Å². The average molecular weight is 522 g/mol. The summed E-state index contributed by atoms with van der Waals surface area (Å²) in [5.74, 6) is -1.82. The van der Waals surface area contributed by atoms with Gasteiger partial charge in [-0.15, -0.1) is 0 Å². The number of carbonyl (C=O) groups is 1. The second-order valence-electron chi connectivity index (χ2n) is 8.34. The first-order chi connectivity index (χ1) is 17.5. The number of benzene rings is 1. The van der Waals surface area contributed by atoms with Gasteiger partial charge >= 0.3 is 6.18 Å². The Morgan fingerprint density at radius 2 is 1.86 bits per heavy atom. The van der Waals surface area contributed by atoms with Crippen LogP contribution in [0.2, 0.25) is 0 Å². The molecule has 0 bridgehead atoms. The topological polar surface area (TPSA) is 76.6 Å². The first kappa shape index (κ1) is 26.3. The van der Waals surface area contributed by atoms with E-state index in [4.69, 9.17) is 9.47 Å². The molecule has 196 valence electrons. The maximum absolute atomic E-state index is 15.3. The average Bonchev–Trinajstić information content (AvgIpc) is 3.19. The number of anilines is 1. The van der Waals surface area contributed by atoms with Gasteiger partial charge in [0.2, 0.25) is 0 Å². The van der Waals surface area contributed by atoms with Gasteiger partial charge in [-0.2, -0.15) is 13.2 Å². The molecule has 1 aliphatic rings. The molecule has 4 rings (SSSR count). The van der Waals surface area contributed by atoms with Crippen molar-refractivity contribution in [2.45, 2.75) is 32.6 Å². The van der Waals surface area contributed by atoms with E-state index < -0.39 is 35.1 Å². The molecule has 0 aliphatic carbocycles. The van der Waals surface area contributed by atoms with Crippen LogP contribution >= 0.6 is 0 Å². The van der Waals surface area contributed by atoms with E-state index in [1.54, 1.807) is 17.9 Å². The Balaban J connectivity index is 1.68. The van der Waals surface area contributed by atoms with Crippen molar-refractivity contribution in [3.63, 3.8) is 0 Å². The van der Waals surface area contributed by atoms with Gasteiger partial charge in [-0.3, -0.25) is 4.79 Å². The van der Waals surface area contributed by atoms with Gasteiger partial charge in [-0.25, -0.2) is 18.7 Å². The van der Waals surface area contributed by atoms with Crippen LogP contribution in [0, 0.1) is 11.6 Å². The van der Waals surface area contributed by atoms with Crippen molar-refractivity contribution < 1.29 is 36.2 Å². The smallest absolute Gasteiger partial charge is 0.433 e. The van der Waals surface area contributed by atoms with E-state index in [9.17, 15) is 18.0 Å². The van der Waals surface area contributed by atoms with Gasteiger partial charge < -0.3 is 19.7 Å². The maximum atomic E-state index is 15.3. The number of aromatic nitrogens is 2. The molecule has 3 heterocycles. The number of hydrogen-bond acceptors (Lipinski definition) is 6. The monoisotopic (exact) mass is 522 g/mol. The number of hydrogen-bond donors (Lipinski definition) is 1. The molecule has 37 heavy (non-hydrogen) atoms. The number of pyridine rings is 2. The summed E-state index contributed by atoms with van der Waals surface area (Å²) in [5.41, 5.74) is -1.00. The summed E-state index contributed by atoms with van der Waals surface area (Å²) in [7, 11) is 1.30. The molecular weight excluding hydrogens is 499 g/mol. The number of ether oxygens (including phenoxy) is 2. The van der Waals surface area contributed by atoms with Crippen LogP contribution in [0.4, 0.5) is 27.8 Å². The van der Waals surface area contributed by atoms with Gasteiger partial charge in [0.1, 0.15) is 28.9 Å². The lowest BCUT2D eigenvalue weighted by molar-refractivity contribution is -0.141. The van der Waals surface area contributed by atoms with Gasteiger partial charge in [-0.05, 0) is 38.1 Å². The Labute approximate surface area is 209 Å². The van der Waals surface area contributed by atoms with Gasteiger partial charge in [0, 0.05) is 47.7 Å². The largest absolute Gasteiger partial charge is 0.465 e. The van der Waals surface area contributed by atoms with Crippen molar-refractivity contribution in [1.82, 2.24) is 14.9 Å². The number of nitrogens with one attached hydrogen (secondary N) is 1. The molecule has 1 amide bonds.